The zero-order valence-electron chi connectivity index (χ0n) is 5.93. The molecule has 0 fully saturated rings. The van der Waals surface area contributed by atoms with Gasteiger partial charge in [0, 0.05) is 0 Å². The number of nitrogens with one attached hydrogen (secondary N) is 1. The van der Waals surface area contributed by atoms with E-state index in [1.54, 1.807) is 0 Å². The van der Waals surface area contributed by atoms with Crippen LogP contribution in [-0.4, -0.2) is 34.2 Å². The molecular weight excluding hydrogens is 196 g/mol. The van der Waals surface area contributed by atoms with Crippen LogP contribution >= 0.6 is 15.9 Å². The number of halogens is 1. The van der Waals surface area contributed by atoms with E-state index >= 15 is 0 Å². The van der Waals surface area contributed by atoms with Crippen LogP contribution in [0.15, 0.2) is 4.73 Å². The maximum atomic E-state index is 4.06. The van der Waals surface area contributed by atoms with Crippen LogP contribution in [0.4, 0.5) is 0 Å². The number of rotatable bonds is 2. The maximum Gasteiger partial charge on any atom is 0.217 e. The largest absolute Gasteiger partial charge is 0.302 e. The van der Waals surface area contributed by atoms with Crippen LogP contribution in [0, 0.1) is 0 Å². The highest BCUT2D eigenvalue weighted by Gasteiger charge is 1.99. The number of aromatic amines is 1. The summed E-state index contributed by atoms with van der Waals surface area (Å²) >= 11 is 3.15. The van der Waals surface area contributed by atoms with Crippen molar-refractivity contribution in [1.82, 2.24) is 20.1 Å². The fourth-order valence-electron chi connectivity index (χ4n) is 0.642. The van der Waals surface area contributed by atoms with Gasteiger partial charge >= 0.3 is 0 Å². The van der Waals surface area contributed by atoms with Gasteiger partial charge in [-0.1, -0.05) is 0 Å². The Hall–Kier alpha value is -0.420. The van der Waals surface area contributed by atoms with Crippen LogP contribution in [0.25, 0.3) is 0 Å². The topological polar surface area (TPSA) is 44.8 Å². The summed E-state index contributed by atoms with van der Waals surface area (Å²) in [6.07, 6.45) is 0. The summed E-state index contributed by atoms with van der Waals surface area (Å²) in [7, 11) is 3.97. The Labute approximate surface area is 67.8 Å². The molecule has 1 aromatic heterocycles. The van der Waals surface area contributed by atoms with Crippen molar-refractivity contribution >= 4 is 15.9 Å². The lowest BCUT2D eigenvalue weighted by Crippen LogP contribution is -2.11. The second-order valence-corrected chi connectivity index (χ2v) is 3.00. The lowest BCUT2D eigenvalue weighted by Gasteiger charge is -2.04. The molecule has 1 heterocycles. The first kappa shape index (κ1) is 7.68. The van der Waals surface area contributed by atoms with Gasteiger partial charge in [-0.3, -0.25) is 5.10 Å². The normalized spacial score (nSPS) is 10.8. The molecule has 4 nitrogen and oxygen atoms in total. The maximum absolute atomic E-state index is 4.06. The highest BCUT2D eigenvalue weighted by Crippen LogP contribution is 2.00. The molecule has 0 aliphatic carbocycles. The number of hydrogen-bond donors (Lipinski definition) is 1. The standard InChI is InChI=1S/C5H9BrN4/c1-10(2)3-4-7-5(6)9-8-4/h3H2,1-2H3,(H,7,8,9). The van der Waals surface area contributed by atoms with Gasteiger partial charge < -0.3 is 4.90 Å². The summed E-state index contributed by atoms with van der Waals surface area (Å²) in [5, 5.41) is 6.61. The average Bonchev–Trinajstić information content (AvgIpc) is 2.13. The molecule has 0 saturated heterocycles. The SMILES string of the molecule is CN(C)Cc1nc(Br)n[nH]1. The molecule has 10 heavy (non-hydrogen) atoms. The van der Waals surface area contributed by atoms with E-state index in [9.17, 15) is 0 Å². The van der Waals surface area contributed by atoms with Crippen LogP contribution in [0.2, 0.25) is 0 Å². The van der Waals surface area contributed by atoms with Gasteiger partial charge in [-0.2, -0.15) is 0 Å². The molecule has 0 spiro atoms. The number of hydrogen-bond acceptors (Lipinski definition) is 3. The monoisotopic (exact) mass is 204 g/mol. The second-order valence-electron chi connectivity index (χ2n) is 2.29. The average molecular weight is 205 g/mol. The Balaban J connectivity index is 2.58. The van der Waals surface area contributed by atoms with E-state index < -0.39 is 0 Å². The quantitative estimate of drug-likeness (QED) is 0.769. The fraction of sp³-hybridized carbons (Fsp3) is 0.600. The van der Waals surface area contributed by atoms with Crippen molar-refractivity contribution in [3.8, 4) is 0 Å². The second kappa shape index (κ2) is 3.12. The van der Waals surface area contributed by atoms with Crippen molar-refractivity contribution in [3.05, 3.63) is 10.6 Å². The van der Waals surface area contributed by atoms with E-state index in [0.29, 0.717) is 4.73 Å². The van der Waals surface area contributed by atoms with Gasteiger partial charge in [0.25, 0.3) is 0 Å². The third-order valence-corrected chi connectivity index (χ3v) is 1.33. The smallest absolute Gasteiger partial charge is 0.217 e. The van der Waals surface area contributed by atoms with E-state index in [1.807, 2.05) is 19.0 Å². The van der Waals surface area contributed by atoms with Gasteiger partial charge in [0.1, 0.15) is 5.82 Å². The first-order valence-electron chi connectivity index (χ1n) is 2.90. The Kier molecular flexibility index (Phi) is 2.39. The highest BCUT2D eigenvalue weighted by atomic mass is 79.9. The van der Waals surface area contributed by atoms with Gasteiger partial charge in [0.15, 0.2) is 0 Å². The first-order chi connectivity index (χ1) is 4.68. The number of H-pyrrole nitrogens is 1. The summed E-state index contributed by atoms with van der Waals surface area (Å²) in [6, 6.07) is 0. The first-order valence-corrected chi connectivity index (χ1v) is 3.69. The molecule has 56 valence electrons. The molecule has 5 heteroatoms. The zero-order chi connectivity index (χ0) is 7.56. The third-order valence-electron chi connectivity index (χ3n) is 0.970. The minimum atomic E-state index is 0.615. The molecule has 1 rings (SSSR count). The van der Waals surface area contributed by atoms with Gasteiger partial charge in [-0.15, -0.1) is 5.10 Å². The van der Waals surface area contributed by atoms with Crippen molar-refractivity contribution < 1.29 is 0 Å². The molecule has 0 radical (unpaired) electrons. The Morgan fingerprint density at radius 1 is 1.60 bits per heavy atom. The van der Waals surface area contributed by atoms with Gasteiger partial charge in [0.05, 0.1) is 6.54 Å². The van der Waals surface area contributed by atoms with Crippen LogP contribution in [0.3, 0.4) is 0 Å². The predicted octanol–water partition coefficient (Wildman–Crippen LogP) is 0.629. The van der Waals surface area contributed by atoms with Gasteiger partial charge in [-0.25, -0.2) is 4.98 Å². The summed E-state index contributed by atoms with van der Waals surface area (Å²) in [5.41, 5.74) is 0. The van der Waals surface area contributed by atoms with E-state index in [-0.39, 0.29) is 0 Å². The molecule has 0 aliphatic rings. The summed E-state index contributed by atoms with van der Waals surface area (Å²) in [4.78, 5) is 6.08. The lowest BCUT2D eigenvalue weighted by molar-refractivity contribution is 0.391. The van der Waals surface area contributed by atoms with Crippen LogP contribution in [0.1, 0.15) is 5.82 Å². The van der Waals surface area contributed by atoms with Crippen molar-refractivity contribution in [2.75, 3.05) is 14.1 Å². The fourth-order valence-corrected chi connectivity index (χ4v) is 0.945. The summed E-state index contributed by atoms with van der Waals surface area (Å²) < 4.78 is 0.615. The molecule has 1 aromatic rings. The molecule has 0 amide bonds. The van der Waals surface area contributed by atoms with Crippen molar-refractivity contribution in [2.24, 2.45) is 0 Å². The summed E-state index contributed by atoms with van der Waals surface area (Å²) in [6.45, 7) is 0.790. The Bertz CT molecular complexity index is 207. The van der Waals surface area contributed by atoms with Crippen molar-refractivity contribution in [1.29, 1.82) is 0 Å². The lowest BCUT2D eigenvalue weighted by atomic mass is 10.6. The van der Waals surface area contributed by atoms with Crippen molar-refractivity contribution in [3.63, 3.8) is 0 Å². The Morgan fingerprint density at radius 3 is 2.70 bits per heavy atom. The minimum Gasteiger partial charge on any atom is -0.302 e. The van der Waals surface area contributed by atoms with Crippen LogP contribution in [-0.2, 0) is 6.54 Å². The van der Waals surface area contributed by atoms with E-state index in [0.717, 1.165) is 12.4 Å². The molecule has 0 atom stereocenters. The van der Waals surface area contributed by atoms with Gasteiger partial charge in [0.2, 0.25) is 4.73 Å². The Morgan fingerprint density at radius 2 is 2.30 bits per heavy atom. The van der Waals surface area contributed by atoms with E-state index in [2.05, 4.69) is 31.1 Å². The summed E-state index contributed by atoms with van der Waals surface area (Å²) in [5.74, 6) is 0.872. The molecule has 0 unspecified atom stereocenters. The van der Waals surface area contributed by atoms with Crippen LogP contribution in [0.5, 0.6) is 0 Å². The van der Waals surface area contributed by atoms with Crippen molar-refractivity contribution in [2.45, 2.75) is 6.54 Å². The highest BCUT2D eigenvalue weighted by molar-refractivity contribution is 9.10. The predicted molar refractivity (Wildman–Crippen MR) is 41.5 cm³/mol. The molecule has 0 saturated carbocycles. The molecular formula is C5H9BrN4. The molecule has 0 bridgehead atoms. The number of nitrogens with zero attached hydrogens (tertiary/aromatic N) is 3. The third kappa shape index (κ3) is 2.07. The van der Waals surface area contributed by atoms with E-state index in [4.69, 9.17) is 0 Å². The zero-order valence-corrected chi connectivity index (χ0v) is 7.51. The minimum absolute atomic E-state index is 0.615. The molecule has 0 aliphatic heterocycles. The van der Waals surface area contributed by atoms with Crippen LogP contribution < -0.4 is 0 Å². The molecule has 1 N–H and O–H groups in total. The van der Waals surface area contributed by atoms with Gasteiger partial charge in [-0.05, 0) is 30.0 Å². The molecule has 0 aromatic carbocycles. The van der Waals surface area contributed by atoms with E-state index in [1.165, 1.54) is 0 Å². The number of aromatic nitrogens is 3.